The van der Waals surface area contributed by atoms with Gasteiger partial charge in [-0.15, -0.1) is 0 Å². The van der Waals surface area contributed by atoms with Gasteiger partial charge in [0.15, 0.2) is 0 Å². The monoisotopic (exact) mass is 153 g/mol. The molecule has 52 valence electrons. The van der Waals surface area contributed by atoms with E-state index in [1.54, 1.807) is 11.3 Å². The van der Waals surface area contributed by atoms with Gasteiger partial charge in [0.1, 0.15) is 0 Å². The van der Waals surface area contributed by atoms with Crippen LogP contribution in [0, 0.1) is 0 Å². The average molecular weight is 153 g/mol. The Morgan fingerprint density at radius 2 is 2.60 bits per heavy atom. The van der Waals surface area contributed by atoms with Crippen molar-refractivity contribution in [2.75, 3.05) is 5.32 Å². The molecule has 0 spiro atoms. The van der Waals surface area contributed by atoms with Crippen molar-refractivity contribution in [1.29, 1.82) is 0 Å². The average Bonchev–Trinajstić information content (AvgIpc) is 2.40. The molecule has 0 saturated heterocycles. The van der Waals surface area contributed by atoms with Crippen molar-refractivity contribution in [3.05, 3.63) is 29.5 Å². The lowest BCUT2D eigenvalue weighted by Gasteiger charge is -1.94. The topological polar surface area (TPSA) is 29.1 Å². The highest BCUT2D eigenvalue weighted by atomic mass is 32.1. The van der Waals surface area contributed by atoms with Crippen LogP contribution >= 0.6 is 11.3 Å². The van der Waals surface area contributed by atoms with E-state index in [9.17, 15) is 4.79 Å². The molecular weight excluding hydrogens is 146 g/mol. The molecule has 1 aromatic rings. The van der Waals surface area contributed by atoms with Gasteiger partial charge in [0, 0.05) is 5.38 Å². The Hall–Kier alpha value is -1.09. The first kappa shape index (κ1) is 7.02. The first-order valence-electron chi connectivity index (χ1n) is 2.78. The first-order chi connectivity index (χ1) is 4.83. The summed E-state index contributed by atoms with van der Waals surface area (Å²) in [7, 11) is 0. The van der Waals surface area contributed by atoms with Crippen LogP contribution in [-0.2, 0) is 4.79 Å². The molecule has 3 heteroatoms. The van der Waals surface area contributed by atoms with E-state index in [0.717, 1.165) is 5.69 Å². The molecule has 0 aromatic carbocycles. The SMILES string of the molecule is C=CC(=O)Nc1ccsc1. The van der Waals surface area contributed by atoms with Crippen molar-refractivity contribution in [1.82, 2.24) is 0 Å². The molecule has 1 N–H and O–H groups in total. The van der Waals surface area contributed by atoms with E-state index in [4.69, 9.17) is 0 Å². The Bertz CT molecular complexity index is 228. The minimum atomic E-state index is -0.168. The molecule has 0 aliphatic carbocycles. The van der Waals surface area contributed by atoms with Gasteiger partial charge < -0.3 is 5.32 Å². The molecule has 0 bridgehead atoms. The highest BCUT2D eigenvalue weighted by Crippen LogP contribution is 2.11. The smallest absolute Gasteiger partial charge is 0.247 e. The second kappa shape index (κ2) is 3.17. The number of nitrogens with one attached hydrogen (secondary N) is 1. The minimum Gasteiger partial charge on any atom is -0.322 e. The quantitative estimate of drug-likeness (QED) is 0.646. The van der Waals surface area contributed by atoms with Crippen LogP contribution in [0.1, 0.15) is 0 Å². The van der Waals surface area contributed by atoms with Crippen molar-refractivity contribution in [2.45, 2.75) is 0 Å². The summed E-state index contributed by atoms with van der Waals surface area (Å²) in [6.07, 6.45) is 1.25. The van der Waals surface area contributed by atoms with Crippen LogP contribution < -0.4 is 5.32 Å². The van der Waals surface area contributed by atoms with Gasteiger partial charge >= 0.3 is 0 Å². The maximum atomic E-state index is 10.7. The Morgan fingerprint density at radius 1 is 1.80 bits per heavy atom. The zero-order valence-corrected chi connectivity index (χ0v) is 6.15. The molecule has 1 aromatic heterocycles. The second-order valence-electron chi connectivity index (χ2n) is 1.71. The molecule has 0 atom stereocenters. The van der Waals surface area contributed by atoms with Gasteiger partial charge in [-0.25, -0.2) is 0 Å². The number of anilines is 1. The van der Waals surface area contributed by atoms with E-state index in [0.29, 0.717) is 0 Å². The molecule has 0 aliphatic heterocycles. The van der Waals surface area contributed by atoms with E-state index < -0.39 is 0 Å². The fourth-order valence-electron chi connectivity index (χ4n) is 0.529. The van der Waals surface area contributed by atoms with Crippen molar-refractivity contribution in [3.8, 4) is 0 Å². The molecule has 0 unspecified atom stereocenters. The molecule has 1 rings (SSSR count). The minimum absolute atomic E-state index is 0.168. The van der Waals surface area contributed by atoms with Crippen LogP contribution in [0.3, 0.4) is 0 Å². The lowest BCUT2D eigenvalue weighted by Crippen LogP contribution is -2.05. The normalized spacial score (nSPS) is 8.80. The molecule has 2 nitrogen and oxygen atoms in total. The van der Waals surface area contributed by atoms with E-state index in [2.05, 4.69) is 11.9 Å². The third-order valence-corrected chi connectivity index (χ3v) is 1.66. The predicted molar refractivity (Wildman–Crippen MR) is 43.1 cm³/mol. The van der Waals surface area contributed by atoms with Gasteiger partial charge in [-0.05, 0) is 17.5 Å². The maximum Gasteiger partial charge on any atom is 0.247 e. The Labute approximate surface area is 63.2 Å². The summed E-state index contributed by atoms with van der Waals surface area (Å²) in [5, 5.41) is 6.39. The second-order valence-corrected chi connectivity index (χ2v) is 2.49. The summed E-state index contributed by atoms with van der Waals surface area (Å²) in [5.74, 6) is -0.168. The van der Waals surface area contributed by atoms with E-state index in [1.165, 1.54) is 6.08 Å². The number of hydrogen-bond acceptors (Lipinski definition) is 2. The number of thiophene rings is 1. The first-order valence-corrected chi connectivity index (χ1v) is 3.73. The Balaban J connectivity index is 2.56. The number of carbonyl (C=O) groups is 1. The lowest BCUT2D eigenvalue weighted by molar-refractivity contribution is -0.111. The number of amides is 1. The van der Waals surface area contributed by atoms with Gasteiger partial charge in [0.2, 0.25) is 5.91 Å². The summed E-state index contributed by atoms with van der Waals surface area (Å²) >= 11 is 1.54. The highest BCUT2D eigenvalue weighted by molar-refractivity contribution is 7.08. The summed E-state index contributed by atoms with van der Waals surface area (Å²) in [6, 6.07) is 1.84. The van der Waals surface area contributed by atoms with Gasteiger partial charge in [-0.3, -0.25) is 4.79 Å². The van der Waals surface area contributed by atoms with E-state index in [-0.39, 0.29) is 5.91 Å². The van der Waals surface area contributed by atoms with Crippen LogP contribution in [0.15, 0.2) is 29.5 Å². The number of carbonyl (C=O) groups excluding carboxylic acids is 1. The Morgan fingerprint density at radius 3 is 3.10 bits per heavy atom. The molecule has 1 heterocycles. The summed E-state index contributed by atoms with van der Waals surface area (Å²) < 4.78 is 0. The molecular formula is C7H7NOS. The summed E-state index contributed by atoms with van der Waals surface area (Å²) in [6.45, 7) is 3.33. The largest absolute Gasteiger partial charge is 0.322 e. The lowest BCUT2D eigenvalue weighted by atomic mass is 10.5. The molecule has 0 saturated carbocycles. The van der Waals surface area contributed by atoms with Crippen LogP contribution in [0.25, 0.3) is 0 Å². The predicted octanol–water partition coefficient (Wildman–Crippen LogP) is 1.87. The fourth-order valence-corrected chi connectivity index (χ4v) is 1.12. The Kier molecular flexibility index (Phi) is 2.23. The highest BCUT2D eigenvalue weighted by Gasteiger charge is 1.94. The maximum absolute atomic E-state index is 10.7. The molecule has 0 fully saturated rings. The molecule has 0 aliphatic rings. The van der Waals surface area contributed by atoms with Crippen LogP contribution in [0.5, 0.6) is 0 Å². The van der Waals surface area contributed by atoms with Gasteiger partial charge in [-0.2, -0.15) is 11.3 Å². The zero-order chi connectivity index (χ0) is 7.40. The molecule has 1 amide bonds. The van der Waals surface area contributed by atoms with Crippen molar-refractivity contribution >= 4 is 22.9 Å². The van der Waals surface area contributed by atoms with E-state index >= 15 is 0 Å². The van der Waals surface area contributed by atoms with Gasteiger partial charge in [0.05, 0.1) is 5.69 Å². The third-order valence-electron chi connectivity index (χ3n) is 0.974. The van der Waals surface area contributed by atoms with Crippen LogP contribution in [0.4, 0.5) is 5.69 Å². The zero-order valence-electron chi connectivity index (χ0n) is 5.33. The standard InChI is InChI=1S/C7H7NOS/c1-2-7(9)8-6-3-4-10-5-6/h2-5H,1H2,(H,8,9). The molecule has 10 heavy (non-hydrogen) atoms. The number of rotatable bonds is 2. The van der Waals surface area contributed by atoms with Crippen molar-refractivity contribution in [3.63, 3.8) is 0 Å². The third kappa shape index (κ3) is 1.70. The van der Waals surface area contributed by atoms with Gasteiger partial charge in [-0.1, -0.05) is 6.58 Å². The van der Waals surface area contributed by atoms with Crippen molar-refractivity contribution in [2.24, 2.45) is 0 Å². The fraction of sp³-hybridized carbons (Fsp3) is 0. The van der Waals surface area contributed by atoms with Crippen molar-refractivity contribution < 1.29 is 4.79 Å². The van der Waals surface area contributed by atoms with E-state index in [1.807, 2.05) is 16.8 Å². The van der Waals surface area contributed by atoms with Crippen LogP contribution in [-0.4, -0.2) is 5.91 Å². The number of hydrogen-bond donors (Lipinski definition) is 1. The van der Waals surface area contributed by atoms with Gasteiger partial charge in [0.25, 0.3) is 0 Å². The summed E-state index contributed by atoms with van der Waals surface area (Å²) in [5.41, 5.74) is 0.829. The molecule has 0 radical (unpaired) electrons. The van der Waals surface area contributed by atoms with Crippen LogP contribution in [0.2, 0.25) is 0 Å². The summed E-state index contributed by atoms with van der Waals surface area (Å²) in [4.78, 5) is 10.7.